The summed E-state index contributed by atoms with van der Waals surface area (Å²) in [6.45, 7) is 3.91. The Morgan fingerprint density at radius 2 is 1.40 bits per heavy atom. The average Bonchev–Trinajstić information content (AvgIpc) is 2.92. The highest BCUT2D eigenvalue weighted by Gasteiger charge is 2.28. The lowest BCUT2D eigenvalue weighted by Gasteiger charge is -2.25. The van der Waals surface area contributed by atoms with Gasteiger partial charge in [-0.05, 0) is 25.7 Å². The third-order valence-corrected chi connectivity index (χ3v) is 7.91. The van der Waals surface area contributed by atoms with Crippen LogP contribution >= 0.6 is 7.82 Å². The fourth-order valence-electron chi connectivity index (χ4n) is 4.47. The number of carbonyl (C=O) groups is 1. The third kappa shape index (κ3) is 25.0. The molecule has 0 aliphatic rings. The van der Waals surface area contributed by atoms with Crippen LogP contribution in [-0.4, -0.2) is 59.0 Å². The number of unbranched alkanes of at least 4 members (excludes halogenated alkanes) is 14. The zero-order valence-corrected chi connectivity index (χ0v) is 26.3. The Labute approximate surface area is 244 Å². The molecule has 0 radical (unpaired) electrons. The summed E-state index contributed by atoms with van der Waals surface area (Å²) < 4.78 is 21.9. The molecule has 40 heavy (non-hydrogen) atoms. The van der Waals surface area contributed by atoms with Gasteiger partial charge in [-0.15, -0.1) is 0 Å². The maximum atomic E-state index is 12.6. The van der Waals surface area contributed by atoms with Gasteiger partial charge < -0.3 is 26.2 Å². The van der Waals surface area contributed by atoms with Crippen molar-refractivity contribution in [3.63, 3.8) is 0 Å². The molecule has 4 unspecified atom stereocenters. The fraction of sp³-hybridized carbons (Fsp3) is 0.900. The highest BCUT2D eigenvalue weighted by molar-refractivity contribution is 7.47. The number of hydrogen-bond acceptors (Lipinski definition) is 7. The number of hydrogen-bond donors (Lipinski definition) is 5. The van der Waals surface area contributed by atoms with Crippen molar-refractivity contribution in [3.05, 3.63) is 12.2 Å². The first-order valence-corrected chi connectivity index (χ1v) is 17.4. The lowest BCUT2D eigenvalue weighted by atomic mass is 10.0. The van der Waals surface area contributed by atoms with E-state index in [2.05, 4.69) is 19.2 Å². The number of phosphoric acid groups is 1. The molecule has 0 aromatic heterocycles. The Morgan fingerprint density at radius 3 is 1.98 bits per heavy atom. The van der Waals surface area contributed by atoms with Crippen molar-refractivity contribution in [2.45, 2.75) is 154 Å². The number of nitrogens with one attached hydrogen (secondary N) is 1. The Bertz CT molecular complexity index is 666. The summed E-state index contributed by atoms with van der Waals surface area (Å²) >= 11 is 0. The molecule has 0 saturated heterocycles. The lowest BCUT2D eigenvalue weighted by Crippen LogP contribution is -2.47. The molecule has 4 atom stereocenters. The van der Waals surface area contributed by atoms with E-state index in [1.807, 2.05) is 12.2 Å². The van der Waals surface area contributed by atoms with E-state index in [1.165, 1.54) is 70.6 Å². The normalized spacial score (nSPS) is 15.7. The van der Waals surface area contributed by atoms with Gasteiger partial charge in [0.15, 0.2) is 0 Å². The van der Waals surface area contributed by atoms with Gasteiger partial charge in [-0.1, -0.05) is 116 Å². The van der Waals surface area contributed by atoms with Crippen LogP contribution in [0.2, 0.25) is 0 Å². The monoisotopic (exact) mass is 592 g/mol. The van der Waals surface area contributed by atoms with Gasteiger partial charge in [0, 0.05) is 6.54 Å². The molecule has 0 rings (SSSR count). The van der Waals surface area contributed by atoms with Gasteiger partial charge in [0.05, 0.1) is 37.9 Å². The predicted octanol–water partition coefficient (Wildman–Crippen LogP) is 6.29. The van der Waals surface area contributed by atoms with Crippen molar-refractivity contribution in [1.82, 2.24) is 5.32 Å². The Kier molecular flexibility index (Phi) is 26.5. The van der Waals surface area contributed by atoms with Crippen LogP contribution in [0, 0.1) is 0 Å². The van der Waals surface area contributed by atoms with E-state index in [0.717, 1.165) is 32.1 Å². The smallest absolute Gasteiger partial charge is 0.392 e. The number of allylic oxidation sites excluding steroid dienone is 1. The van der Waals surface area contributed by atoms with Crippen molar-refractivity contribution >= 4 is 13.7 Å². The number of phosphoric ester groups is 1. The van der Waals surface area contributed by atoms with Gasteiger partial charge in [-0.3, -0.25) is 13.8 Å². The molecular weight excluding hydrogens is 531 g/mol. The first-order chi connectivity index (χ1) is 19.3. The molecule has 0 saturated carbocycles. The fourth-order valence-corrected chi connectivity index (χ4v) is 5.23. The van der Waals surface area contributed by atoms with Gasteiger partial charge in [0.2, 0.25) is 5.91 Å². The van der Waals surface area contributed by atoms with Crippen LogP contribution in [0.15, 0.2) is 12.2 Å². The van der Waals surface area contributed by atoms with Gasteiger partial charge >= 0.3 is 7.82 Å². The van der Waals surface area contributed by atoms with E-state index in [9.17, 15) is 24.5 Å². The molecule has 0 aromatic rings. The van der Waals surface area contributed by atoms with E-state index in [1.54, 1.807) is 0 Å². The molecule has 0 bridgehead atoms. The molecule has 0 aliphatic heterocycles. The number of rotatable bonds is 29. The topological polar surface area (TPSA) is 151 Å². The van der Waals surface area contributed by atoms with E-state index < -0.39 is 38.6 Å². The first kappa shape index (κ1) is 39.2. The molecule has 0 spiro atoms. The van der Waals surface area contributed by atoms with Gasteiger partial charge in [-0.2, -0.15) is 0 Å². The summed E-state index contributed by atoms with van der Waals surface area (Å²) in [5, 5.41) is 23.7. The molecular formula is C30H61N2O7P. The zero-order valence-electron chi connectivity index (χ0n) is 25.4. The standard InChI is InChI=1S/C30H61N2O7P/c1-3-5-7-9-11-12-13-14-16-18-20-22-29(34)28(26-39-40(36,37)38-24-23-31)32-30(35)25-27(33)21-19-17-15-10-8-6-4-2/h17,19,27-29,33-34H,3-16,18,20-26,31H2,1-2H3,(H,32,35)(H,36,37)/b19-17-. The van der Waals surface area contributed by atoms with Gasteiger partial charge in [-0.25, -0.2) is 4.57 Å². The number of aliphatic hydroxyl groups is 2. The number of carbonyl (C=O) groups excluding carboxylic acids is 1. The number of aliphatic hydroxyl groups excluding tert-OH is 2. The molecule has 0 fully saturated rings. The maximum absolute atomic E-state index is 12.6. The van der Waals surface area contributed by atoms with E-state index in [0.29, 0.717) is 12.8 Å². The summed E-state index contributed by atoms with van der Waals surface area (Å²) in [7, 11) is -4.36. The highest BCUT2D eigenvalue weighted by Crippen LogP contribution is 2.43. The minimum atomic E-state index is -4.36. The van der Waals surface area contributed by atoms with Gasteiger partial charge in [0.25, 0.3) is 0 Å². The summed E-state index contributed by atoms with van der Waals surface area (Å²) in [4.78, 5) is 22.4. The Balaban J connectivity index is 4.55. The highest BCUT2D eigenvalue weighted by atomic mass is 31.2. The molecule has 0 aromatic carbocycles. The molecule has 1 amide bonds. The summed E-state index contributed by atoms with van der Waals surface area (Å²) in [5.41, 5.74) is 5.32. The van der Waals surface area contributed by atoms with Crippen LogP contribution in [0.3, 0.4) is 0 Å². The van der Waals surface area contributed by atoms with Crippen LogP contribution in [0.25, 0.3) is 0 Å². The first-order valence-electron chi connectivity index (χ1n) is 15.9. The minimum absolute atomic E-state index is 0.0562. The van der Waals surface area contributed by atoms with E-state index >= 15 is 0 Å². The molecule has 238 valence electrons. The lowest BCUT2D eigenvalue weighted by molar-refractivity contribution is -0.125. The van der Waals surface area contributed by atoms with Crippen LogP contribution < -0.4 is 11.1 Å². The third-order valence-electron chi connectivity index (χ3n) is 6.92. The average molecular weight is 593 g/mol. The summed E-state index contributed by atoms with van der Waals surface area (Å²) in [6, 6.07) is -0.904. The largest absolute Gasteiger partial charge is 0.472 e. The van der Waals surface area contributed by atoms with Crippen LogP contribution in [0.5, 0.6) is 0 Å². The maximum Gasteiger partial charge on any atom is 0.472 e. The second-order valence-electron chi connectivity index (χ2n) is 10.9. The SMILES string of the molecule is CCCCCC/C=C\CC(O)CC(=O)NC(COP(=O)(O)OCCN)C(O)CCCCCCCCCCCCC. The zero-order chi connectivity index (χ0) is 29.9. The van der Waals surface area contributed by atoms with Crippen molar-refractivity contribution in [3.8, 4) is 0 Å². The van der Waals surface area contributed by atoms with Crippen molar-refractivity contribution < 1.29 is 33.5 Å². The predicted molar refractivity (Wildman–Crippen MR) is 163 cm³/mol. The van der Waals surface area contributed by atoms with Gasteiger partial charge in [0.1, 0.15) is 0 Å². The van der Waals surface area contributed by atoms with Crippen molar-refractivity contribution in [1.29, 1.82) is 0 Å². The van der Waals surface area contributed by atoms with Crippen LogP contribution in [-0.2, 0) is 18.4 Å². The van der Waals surface area contributed by atoms with Crippen LogP contribution in [0.4, 0.5) is 0 Å². The number of amides is 1. The molecule has 6 N–H and O–H groups in total. The Morgan fingerprint density at radius 1 is 0.850 bits per heavy atom. The number of nitrogens with two attached hydrogens (primary N) is 1. The van der Waals surface area contributed by atoms with Crippen molar-refractivity contribution in [2.75, 3.05) is 19.8 Å². The second kappa shape index (κ2) is 27.1. The van der Waals surface area contributed by atoms with Crippen LogP contribution in [0.1, 0.15) is 136 Å². The summed E-state index contributed by atoms with van der Waals surface area (Å²) in [5.74, 6) is -0.453. The molecule has 0 heterocycles. The Hall–Kier alpha value is -0.800. The molecule has 9 nitrogen and oxygen atoms in total. The second-order valence-corrected chi connectivity index (χ2v) is 12.3. The quantitative estimate of drug-likeness (QED) is 0.0386. The van der Waals surface area contributed by atoms with Crippen molar-refractivity contribution in [2.24, 2.45) is 5.73 Å². The summed E-state index contributed by atoms with van der Waals surface area (Å²) in [6.07, 6.45) is 21.5. The van der Waals surface area contributed by atoms with E-state index in [-0.39, 0.29) is 19.6 Å². The minimum Gasteiger partial charge on any atom is -0.392 e. The molecule has 10 heteroatoms. The molecule has 0 aliphatic carbocycles. The van der Waals surface area contributed by atoms with E-state index in [4.69, 9.17) is 14.8 Å².